The molecule has 162 valence electrons. The zero-order valence-electron chi connectivity index (χ0n) is 16.2. The highest BCUT2D eigenvalue weighted by molar-refractivity contribution is 7.98. The molecule has 3 heterocycles. The van der Waals surface area contributed by atoms with Crippen LogP contribution in [0.25, 0.3) is 22.3 Å². The fourth-order valence-electron chi connectivity index (χ4n) is 3.09. The number of nitriles is 1. The van der Waals surface area contributed by atoms with Crippen LogP contribution in [0.5, 0.6) is 0 Å². The molecular weight excluding hydrogens is 463 g/mol. The minimum atomic E-state index is -4.78. The van der Waals surface area contributed by atoms with E-state index in [4.69, 9.17) is 0 Å². The van der Waals surface area contributed by atoms with Crippen molar-refractivity contribution in [3.05, 3.63) is 66.1 Å². The number of pyridine rings is 1. The molecule has 0 bridgehead atoms. The maximum Gasteiger partial charge on any atom is 0.419 e. The zero-order valence-corrected chi connectivity index (χ0v) is 17.8. The zero-order chi connectivity index (χ0) is 23.1. The van der Waals surface area contributed by atoms with Crippen LogP contribution >= 0.6 is 11.8 Å². The Kier molecular flexibility index (Phi) is 5.39. The molecule has 4 aromatic rings. The van der Waals surface area contributed by atoms with Crippen molar-refractivity contribution in [2.45, 2.75) is 16.2 Å². The first-order valence-corrected chi connectivity index (χ1v) is 11.5. The van der Waals surface area contributed by atoms with Crippen molar-refractivity contribution in [1.29, 1.82) is 5.26 Å². The first-order chi connectivity index (χ1) is 15.2. The molecule has 7 nitrogen and oxygen atoms in total. The van der Waals surface area contributed by atoms with E-state index in [9.17, 15) is 26.9 Å². The molecule has 0 aliphatic carbocycles. The number of alkyl halides is 3. The van der Waals surface area contributed by atoms with Crippen LogP contribution in [0.2, 0.25) is 0 Å². The van der Waals surface area contributed by atoms with Crippen LogP contribution < -0.4 is 0 Å². The number of rotatable bonds is 4. The third-order valence-electron chi connectivity index (χ3n) is 4.54. The molecule has 1 aromatic carbocycles. The molecule has 0 aliphatic rings. The second kappa shape index (κ2) is 7.92. The van der Waals surface area contributed by atoms with Gasteiger partial charge in [-0.05, 0) is 30.5 Å². The molecule has 0 saturated heterocycles. The predicted octanol–water partition coefficient (Wildman–Crippen LogP) is 4.34. The normalized spacial score (nSPS) is 12.1. The summed E-state index contributed by atoms with van der Waals surface area (Å²) < 4.78 is 68.5. The lowest BCUT2D eigenvalue weighted by Gasteiger charge is -2.11. The van der Waals surface area contributed by atoms with Crippen molar-refractivity contribution in [1.82, 2.24) is 18.9 Å². The Hall–Kier alpha value is -3.43. The van der Waals surface area contributed by atoms with Gasteiger partial charge in [0.25, 0.3) is 10.0 Å². The van der Waals surface area contributed by atoms with Crippen molar-refractivity contribution in [3.8, 4) is 17.3 Å². The number of nitrogens with zero attached hydrogens (tertiary/aromatic N) is 5. The predicted molar refractivity (Wildman–Crippen MR) is 111 cm³/mol. The maximum absolute atomic E-state index is 13.7. The first kappa shape index (κ1) is 21.8. The lowest BCUT2D eigenvalue weighted by Crippen LogP contribution is -2.12. The molecule has 0 fully saturated rings. The van der Waals surface area contributed by atoms with E-state index in [2.05, 4.69) is 15.0 Å². The Bertz CT molecular complexity index is 1480. The van der Waals surface area contributed by atoms with Gasteiger partial charge in [0.05, 0.1) is 10.6 Å². The van der Waals surface area contributed by atoms with Gasteiger partial charge in [0.15, 0.2) is 10.8 Å². The topological polar surface area (TPSA) is 102 Å². The van der Waals surface area contributed by atoms with Crippen molar-refractivity contribution in [3.63, 3.8) is 0 Å². The van der Waals surface area contributed by atoms with Crippen LogP contribution in [0.15, 0.2) is 64.9 Å². The lowest BCUT2D eigenvalue weighted by molar-refractivity contribution is -0.137. The molecule has 0 atom stereocenters. The fourth-order valence-corrected chi connectivity index (χ4v) is 4.77. The molecule has 0 aliphatic heterocycles. The molecule has 0 spiro atoms. The summed E-state index contributed by atoms with van der Waals surface area (Å²) in [5.74, 6) is 0. The standard InChI is InChI=1S/C20H12F3N5O2S2/c1-31-19-25-10-16(20(21,22)23)17(27-19)15-11-28(18-14(15)8-7-12(9-24)26-18)32(29,30)13-5-3-2-4-6-13/h2-8,10-11H,1H3. The summed E-state index contributed by atoms with van der Waals surface area (Å²) in [6.07, 6.45) is -1.46. The van der Waals surface area contributed by atoms with Crippen LogP contribution in [0.1, 0.15) is 11.3 Å². The highest BCUT2D eigenvalue weighted by Gasteiger charge is 2.37. The van der Waals surface area contributed by atoms with Gasteiger partial charge < -0.3 is 0 Å². The molecule has 4 rings (SSSR count). The van der Waals surface area contributed by atoms with E-state index in [-0.39, 0.29) is 32.3 Å². The summed E-state index contributed by atoms with van der Waals surface area (Å²) >= 11 is 1.04. The summed E-state index contributed by atoms with van der Waals surface area (Å²) in [7, 11) is -4.23. The Labute approximate surface area is 184 Å². The van der Waals surface area contributed by atoms with Crippen LogP contribution in [-0.4, -0.2) is 33.6 Å². The number of benzene rings is 1. The van der Waals surface area contributed by atoms with E-state index in [0.29, 0.717) is 6.20 Å². The second-order valence-corrected chi connectivity index (χ2v) is 9.04. The number of hydrogen-bond donors (Lipinski definition) is 0. The summed E-state index contributed by atoms with van der Waals surface area (Å²) in [6, 6.07) is 11.8. The highest BCUT2D eigenvalue weighted by Crippen LogP contribution is 2.40. The van der Waals surface area contributed by atoms with E-state index < -0.39 is 27.5 Å². The molecule has 0 amide bonds. The van der Waals surface area contributed by atoms with Gasteiger partial charge in [-0.2, -0.15) is 18.4 Å². The average Bonchev–Trinajstić information content (AvgIpc) is 3.18. The van der Waals surface area contributed by atoms with Gasteiger partial charge in [0.1, 0.15) is 17.3 Å². The minimum Gasteiger partial charge on any atom is -0.230 e. The van der Waals surface area contributed by atoms with Gasteiger partial charge in [-0.1, -0.05) is 30.0 Å². The second-order valence-electron chi connectivity index (χ2n) is 6.45. The smallest absolute Gasteiger partial charge is 0.230 e. The Balaban J connectivity index is 2.10. The van der Waals surface area contributed by atoms with Gasteiger partial charge in [-0.15, -0.1) is 0 Å². The summed E-state index contributed by atoms with van der Waals surface area (Å²) in [5, 5.41) is 9.39. The first-order valence-electron chi connectivity index (χ1n) is 8.88. The van der Waals surface area contributed by atoms with Crippen molar-refractivity contribution >= 4 is 32.8 Å². The van der Waals surface area contributed by atoms with Gasteiger partial charge in [-0.3, -0.25) is 0 Å². The highest BCUT2D eigenvalue weighted by atomic mass is 32.2. The number of thioether (sulfide) groups is 1. The monoisotopic (exact) mass is 475 g/mol. The molecule has 0 radical (unpaired) electrons. The molecule has 12 heteroatoms. The van der Waals surface area contributed by atoms with Gasteiger partial charge in [-0.25, -0.2) is 27.3 Å². The number of halogens is 3. The quantitative estimate of drug-likeness (QED) is 0.320. The number of hydrogen-bond acceptors (Lipinski definition) is 7. The van der Waals surface area contributed by atoms with E-state index >= 15 is 0 Å². The maximum atomic E-state index is 13.7. The van der Waals surface area contributed by atoms with Gasteiger partial charge in [0.2, 0.25) is 0 Å². The van der Waals surface area contributed by atoms with E-state index in [1.54, 1.807) is 12.3 Å². The summed E-state index contributed by atoms with van der Waals surface area (Å²) in [4.78, 5) is 11.7. The van der Waals surface area contributed by atoms with Gasteiger partial charge in [0, 0.05) is 23.3 Å². The van der Waals surface area contributed by atoms with Crippen LogP contribution in [0.4, 0.5) is 13.2 Å². The Morgan fingerprint density at radius 2 is 1.81 bits per heavy atom. The van der Waals surface area contributed by atoms with Crippen LogP contribution in [0.3, 0.4) is 0 Å². The Morgan fingerprint density at radius 3 is 2.44 bits per heavy atom. The summed E-state index contributed by atoms with van der Waals surface area (Å²) in [5.41, 5.74) is -1.96. The molecule has 0 saturated carbocycles. The third-order valence-corrected chi connectivity index (χ3v) is 6.77. The van der Waals surface area contributed by atoms with E-state index in [0.717, 1.165) is 21.9 Å². The third kappa shape index (κ3) is 3.69. The van der Waals surface area contributed by atoms with Crippen molar-refractivity contribution in [2.75, 3.05) is 6.26 Å². The van der Waals surface area contributed by atoms with Crippen LogP contribution in [0, 0.1) is 11.3 Å². The minimum absolute atomic E-state index is 0.0846. The number of aromatic nitrogens is 4. The molecule has 3 aromatic heterocycles. The molecule has 0 N–H and O–H groups in total. The molecule has 32 heavy (non-hydrogen) atoms. The number of fused-ring (bicyclic) bond motifs is 1. The van der Waals surface area contributed by atoms with E-state index in [1.807, 2.05) is 6.07 Å². The Morgan fingerprint density at radius 1 is 1.09 bits per heavy atom. The van der Waals surface area contributed by atoms with Crippen LogP contribution in [-0.2, 0) is 16.2 Å². The van der Waals surface area contributed by atoms with Crippen molar-refractivity contribution < 1.29 is 21.6 Å². The largest absolute Gasteiger partial charge is 0.419 e. The average molecular weight is 475 g/mol. The lowest BCUT2D eigenvalue weighted by atomic mass is 10.1. The van der Waals surface area contributed by atoms with Crippen molar-refractivity contribution in [2.24, 2.45) is 0 Å². The molecule has 0 unspecified atom stereocenters. The van der Waals surface area contributed by atoms with Gasteiger partial charge >= 0.3 is 6.18 Å². The SMILES string of the molecule is CSc1ncc(C(F)(F)F)c(-c2cn(S(=O)(=O)c3ccccc3)c3nc(C#N)ccc23)n1. The molecular formula is C20H12F3N5O2S2. The summed E-state index contributed by atoms with van der Waals surface area (Å²) in [6.45, 7) is 0. The fraction of sp³-hybridized carbons (Fsp3) is 0.100. The van der Waals surface area contributed by atoms with E-state index in [1.165, 1.54) is 36.4 Å².